The van der Waals surface area contributed by atoms with E-state index < -0.39 is 0 Å². The third kappa shape index (κ3) is 3.09. The van der Waals surface area contributed by atoms with Gasteiger partial charge in [0.2, 0.25) is 5.91 Å². The summed E-state index contributed by atoms with van der Waals surface area (Å²) < 4.78 is 0. The van der Waals surface area contributed by atoms with Gasteiger partial charge in [-0.25, -0.2) is 4.98 Å². The summed E-state index contributed by atoms with van der Waals surface area (Å²) in [6, 6.07) is 10.3. The predicted octanol–water partition coefficient (Wildman–Crippen LogP) is 3.11. The molecule has 1 aliphatic heterocycles. The minimum absolute atomic E-state index is 0.127. The third-order valence-electron chi connectivity index (χ3n) is 3.48. The van der Waals surface area contributed by atoms with Gasteiger partial charge in [0, 0.05) is 30.4 Å². The van der Waals surface area contributed by atoms with E-state index in [1.165, 1.54) is 6.20 Å². The molecule has 0 radical (unpaired) electrons. The van der Waals surface area contributed by atoms with Gasteiger partial charge < -0.3 is 10.2 Å². The van der Waals surface area contributed by atoms with Gasteiger partial charge in [-0.15, -0.1) is 0 Å². The summed E-state index contributed by atoms with van der Waals surface area (Å²) in [5, 5.41) is 3.21. The second-order valence-corrected chi connectivity index (χ2v) is 5.45. The molecule has 112 valence electrons. The Morgan fingerprint density at radius 1 is 1.18 bits per heavy atom. The maximum absolute atomic E-state index is 12.1. The molecule has 2 aromatic rings. The molecular weight excluding hydrogens is 302 g/mol. The molecule has 0 unspecified atom stereocenters. The van der Waals surface area contributed by atoms with Crippen LogP contribution in [0.3, 0.4) is 0 Å². The summed E-state index contributed by atoms with van der Waals surface area (Å²) in [5.41, 5.74) is 1.33. The van der Waals surface area contributed by atoms with Gasteiger partial charge in [-0.1, -0.05) is 11.6 Å². The van der Waals surface area contributed by atoms with Crippen LogP contribution in [0.5, 0.6) is 0 Å². The fourth-order valence-corrected chi connectivity index (χ4v) is 2.46. The summed E-state index contributed by atoms with van der Waals surface area (Å²) in [6.45, 7) is 0.735. The van der Waals surface area contributed by atoms with Gasteiger partial charge >= 0.3 is 0 Å². The first-order valence-electron chi connectivity index (χ1n) is 6.97. The van der Waals surface area contributed by atoms with E-state index in [1.54, 1.807) is 41.3 Å². The molecule has 0 saturated carbocycles. The van der Waals surface area contributed by atoms with Crippen LogP contribution in [-0.2, 0) is 4.79 Å². The molecule has 2 amide bonds. The van der Waals surface area contributed by atoms with Crippen molar-refractivity contribution in [2.24, 2.45) is 0 Å². The number of carbonyl (C=O) groups excluding carboxylic acids is 2. The number of hydrogen-bond donors (Lipinski definition) is 1. The number of amides is 2. The molecule has 0 atom stereocenters. The van der Waals surface area contributed by atoms with Gasteiger partial charge in [0.05, 0.1) is 5.02 Å². The SMILES string of the molecule is O=C(Nc1ccc(Cl)cn1)c1ccc(N2CCCC2=O)cc1. The Balaban J connectivity index is 1.70. The molecule has 6 heteroatoms. The lowest BCUT2D eigenvalue weighted by molar-refractivity contribution is -0.117. The first-order valence-corrected chi connectivity index (χ1v) is 7.34. The quantitative estimate of drug-likeness (QED) is 0.946. The van der Waals surface area contributed by atoms with Crippen LogP contribution in [0.2, 0.25) is 5.02 Å². The number of aromatic nitrogens is 1. The molecular formula is C16H14ClN3O2. The maximum Gasteiger partial charge on any atom is 0.256 e. The first-order chi connectivity index (χ1) is 10.6. The molecule has 1 fully saturated rings. The van der Waals surface area contributed by atoms with Crippen molar-refractivity contribution in [2.45, 2.75) is 12.8 Å². The normalized spacial score (nSPS) is 14.2. The Hall–Kier alpha value is -2.40. The molecule has 1 saturated heterocycles. The maximum atomic E-state index is 12.1. The van der Waals surface area contributed by atoms with Crippen molar-refractivity contribution in [1.29, 1.82) is 0 Å². The van der Waals surface area contributed by atoms with Crippen molar-refractivity contribution in [2.75, 3.05) is 16.8 Å². The minimum atomic E-state index is -0.255. The van der Waals surface area contributed by atoms with Crippen molar-refractivity contribution in [3.63, 3.8) is 0 Å². The van der Waals surface area contributed by atoms with E-state index in [4.69, 9.17) is 11.6 Å². The van der Waals surface area contributed by atoms with Crippen molar-refractivity contribution < 1.29 is 9.59 Å². The van der Waals surface area contributed by atoms with Crippen molar-refractivity contribution in [3.05, 3.63) is 53.2 Å². The summed E-state index contributed by atoms with van der Waals surface area (Å²) in [4.78, 5) is 29.6. The molecule has 5 nitrogen and oxygen atoms in total. The second-order valence-electron chi connectivity index (χ2n) is 5.01. The summed E-state index contributed by atoms with van der Waals surface area (Å²) in [5.74, 6) is 0.310. The van der Waals surface area contributed by atoms with Crippen molar-refractivity contribution in [1.82, 2.24) is 4.98 Å². The van der Waals surface area contributed by atoms with Crippen LogP contribution in [0.25, 0.3) is 0 Å². The van der Waals surface area contributed by atoms with E-state index in [-0.39, 0.29) is 11.8 Å². The molecule has 22 heavy (non-hydrogen) atoms. The molecule has 0 bridgehead atoms. The van der Waals surface area contributed by atoms with Crippen LogP contribution in [0, 0.1) is 0 Å². The van der Waals surface area contributed by atoms with Gasteiger partial charge in [-0.3, -0.25) is 9.59 Å². The lowest BCUT2D eigenvalue weighted by atomic mass is 10.2. The molecule has 1 aliphatic rings. The summed E-state index contributed by atoms with van der Waals surface area (Å²) in [7, 11) is 0. The molecule has 0 aliphatic carbocycles. The van der Waals surface area contributed by atoms with Gasteiger partial charge in [0.1, 0.15) is 5.82 Å². The van der Waals surface area contributed by atoms with E-state index in [0.717, 1.165) is 18.7 Å². The highest BCUT2D eigenvalue weighted by Crippen LogP contribution is 2.22. The molecule has 1 aromatic carbocycles. The standard InChI is InChI=1S/C16H14ClN3O2/c17-12-5-8-14(18-10-12)19-16(22)11-3-6-13(7-4-11)20-9-1-2-15(20)21/h3-8,10H,1-2,9H2,(H,18,19,22). The van der Waals surface area contributed by atoms with Crippen LogP contribution >= 0.6 is 11.6 Å². The van der Waals surface area contributed by atoms with E-state index in [9.17, 15) is 9.59 Å². The highest BCUT2D eigenvalue weighted by atomic mass is 35.5. The number of rotatable bonds is 3. The molecule has 1 N–H and O–H groups in total. The number of hydrogen-bond acceptors (Lipinski definition) is 3. The highest BCUT2D eigenvalue weighted by Gasteiger charge is 2.21. The number of nitrogens with one attached hydrogen (secondary N) is 1. The smallest absolute Gasteiger partial charge is 0.256 e. The van der Waals surface area contributed by atoms with Crippen LogP contribution in [0.15, 0.2) is 42.6 Å². The average Bonchev–Trinajstić information content (AvgIpc) is 2.96. The number of carbonyl (C=O) groups is 2. The lowest BCUT2D eigenvalue weighted by Crippen LogP contribution is -2.23. The summed E-state index contributed by atoms with van der Waals surface area (Å²) in [6.07, 6.45) is 2.94. The van der Waals surface area contributed by atoms with Crippen LogP contribution in [-0.4, -0.2) is 23.3 Å². The summed E-state index contributed by atoms with van der Waals surface area (Å²) >= 11 is 5.75. The van der Waals surface area contributed by atoms with Crippen LogP contribution in [0.4, 0.5) is 11.5 Å². The van der Waals surface area contributed by atoms with Gasteiger partial charge in [0.25, 0.3) is 5.91 Å². The number of nitrogens with zero attached hydrogens (tertiary/aromatic N) is 2. The number of pyridine rings is 1. The van der Waals surface area contributed by atoms with Crippen LogP contribution < -0.4 is 10.2 Å². The van der Waals surface area contributed by atoms with Gasteiger partial charge in [-0.2, -0.15) is 0 Å². The minimum Gasteiger partial charge on any atom is -0.312 e. The number of anilines is 2. The molecule has 0 spiro atoms. The Bertz CT molecular complexity index is 698. The zero-order valence-corrected chi connectivity index (χ0v) is 12.5. The van der Waals surface area contributed by atoms with E-state index in [0.29, 0.717) is 22.8 Å². The molecule has 2 heterocycles. The zero-order chi connectivity index (χ0) is 15.5. The average molecular weight is 316 g/mol. The number of benzene rings is 1. The highest BCUT2D eigenvalue weighted by molar-refractivity contribution is 6.30. The molecule has 1 aromatic heterocycles. The Labute approximate surface area is 132 Å². The molecule has 3 rings (SSSR count). The Morgan fingerprint density at radius 3 is 2.55 bits per heavy atom. The van der Waals surface area contributed by atoms with Crippen LogP contribution in [0.1, 0.15) is 23.2 Å². The fourth-order valence-electron chi connectivity index (χ4n) is 2.35. The van der Waals surface area contributed by atoms with E-state index in [2.05, 4.69) is 10.3 Å². The Morgan fingerprint density at radius 2 is 1.95 bits per heavy atom. The van der Waals surface area contributed by atoms with Crippen molar-refractivity contribution in [3.8, 4) is 0 Å². The topological polar surface area (TPSA) is 62.3 Å². The Kier molecular flexibility index (Phi) is 4.06. The number of halogens is 1. The van der Waals surface area contributed by atoms with E-state index >= 15 is 0 Å². The van der Waals surface area contributed by atoms with E-state index in [1.807, 2.05) is 0 Å². The predicted molar refractivity (Wildman–Crippen MR) is 85.2 cm³/mol. The first kappa shape index (κ1) is 14.5. The van der Waals surface area contributed by atoms with Gasteiger partial charge in [0.15, 0.2) is 0 Å². The van der Waals surface area contributed by atoms with Crippen molar-refractivity contribution >= 4 is 34.9 Å². The second kappa shape index (κ2) is 6.15. The lowest BCUT2D eigenvalue weighted by Gasteiger charge is -2.15. The van der Waals surface area contributed by atoms with Gasteiger partial charge in [-0.05, 0) is 42.8 Å². The zero-order valence-electron chi connectivity index (χ0n) is 11.8. The third-order valence-corrected chi connectivity index (χ3v) is 3.71. The monoisotopic (exact) mass is 315 g/mol. The fraction of sp³-hybridized carbons (Fsp3) is 0.188. The largest absolute Gasteiger partial charge is 0.312 e.